The summed E-state index contributed by atoms with van der Waals surface area (Å²) in [5.74, 6) is 1.43. The van der Waals surface area contributed by atoms with E-state index in [0.29, 0.717) is 42.0 Å². The predicted molar refractivity (Wildman–Crippen MR) is 114 cm³/mol. The second kappa shape index (κ2) is 9.70. The van der Waals surface area contributed by atoms with Crippen LogP contribution in [0, 0.1) is 5.92 Å². The molecule has 152 valence electrons. The van der Waals surface area contributed by atoms with Crippen molar-refractivity contribution in [1.29, 1.82) is 0 Å². The van der Waals surface area contributed by atoms with Crippen molar-refractivity contribution in [2.45, 2.75) is 39.7 Å². The van der Waals surface area contributed by atoms with Crippen LogP contribution in [-0.2, 0) is 11.2 Å². The molecule has 1 heterocycles. The fourth-order valence-corrected chi connectivity index (χ4v) is 3.42. The van der Waals surface area contributed by atoms with Gasteiger partial charge in [-0.25, -0.2) is 0 Å². The Morgan fingerprint density at radius 2 is 1.86 bits per heavy atom. The zero-order valence-corrected chi connectivity index (χ0v) is 17.8. The van der Waals surface area contributed by atoms with Gasteiger partial charge in [0.2, 0.25) is 17.6 Å². The molecule has 0 fully saturated rings. The molecule has 0 radical (unpaired) electrons. The van der Waals surface area contributed by atoms with Crippen LogP contribution in [-0.4, -0.2) is 27.5 Å². The Balaban J connectivity index is 1.74. The van der Waals surface area contributed by atoms with Crippen LogP contribution in [0.5, 0.6) is 0 Å². The topological polar surface area (TPSA) is 59.2 Å². The molecule has 2 aromatic carbocycles. The molecular formula is C23H26ClN3O2. The monoisotopic (exact) mass is 411 g/mol. The summed E-state index contributed by atoms with van der Waals surface area (Å²) in [5.41, 5.74) is 1.91. The number of hydrogen-bond acceptors (Lipinski definition) is 4. The van der Waals surface area contributed by atoms with Crippen LogP contribution < -0.4 is 0 Å². The van der Waals surface area contributed by atoms with Crippen molar-refractivity contribution < 1.29 is 9.32 Å². The molecule has 5 nitrogen and oxygen atoms in total. The van der Waals surface area contributed by atoms with Gasteiger partial charge in [0.15, 0.2) is 0 Å². The van der Waals surface area contributed by atoms with Crippen molar-refractivity contribution >= 4 is 17.5 Å². The lowest BCUT2D eigenvalue weighted by Crippen LogP contribution is -2.36. The van der Waals surface area contributed by atoms with Crippen molar-refractivity contribution in [3.8, 4) is 11.4 Å². The molecule has 0 N–H and O–H groups in total. The molecule has 1 aromatic heterocycles. The molecule has 3 aromatic rings. The number of nitrogens with zero attached hydrogens (tertiary/aromatic N) is 3. The highest BCUT2D eigenvalue weighted by Crippen LogP contribution is 2.23. The fourth-order valence-electron chi connectivity index (χ4n) is 3.23. The van der Waals surface area contributed by atoms with Gasteiger partial charge in [-0.3, -0.25) is 4.79 Å². The summed E-state index contributed by atoms with van der Waals surface area (Å²) >= 11 is 6.04. The zero-order valence-electron chi connectivity index (χ0n) is 17.0. The van der Waals surface area contributed by atoms with E-state index < -0.39 is 0 Å². The summed E-state index contributed by atoms with van der Waals surface area (Å²) in [5, 5.41) is 4.67. The summed E-state index contributed by atoms with van der Waals surface area (Å²) in [4.78, 5) is 19.3. The third kappa shape index (κ3) is 5.67. The van der Waals surface area contributed by atoms with E-state index in [4.69, 9.17) is 16.1 Å². The minimum atomic E-state index is -0.0298. The fraction of sp³-hybridized carbons (Fsp3) is 0.348. The number of halogens is 1. The highest BCUT2D eigenvalue weighted by Gasteiger charge is 2.23. The molecule has 1 atom stereocenters. The van der Waals surface area contributed by atoms with Gasteiger partial charge in [0.25, 0.3) is 0 Å². The van der Waals surface area contributed by atoms with E-state index in [2.05, 4.69) is 30.9 Å². The Morgan fingerprint density at radius 3 is 2.55 bits per heavy atom. The number of benzene rings is 2. The first-order valence-electron chi connectivity index (χ1n) is 9.87. The van der Waals surface area contributed by atoms with Gasteiger partial charge in [0.05, 0.1) is 6.04 Å². The minimum absolute atomic E-state index is 0.0298. The zero-order chi connectivity index (χ0) is 20.8. The average Bonchev–Trinajstić information content (AvgIpc) is 3.17. The number of hydrogen-bond donors (Lipinski definition) is 0. The van der Waals surface area contributed by atoms with E-state index in [1.807, 2.05) is 47.4 Å². The van der Waals surface area contributed by atoms with E-state index in [1.54, 1.807) is 12.1 Å². The maximum absolute atomic E-state index is 12.9. The van der Waals surface area contributed by atoms with E-state index in [9.17, 15) is 4.79 Å². The number of amides is 1. The van der Waals surface area contributed by atoms with Gasteiger partial charge in [0.1, 0.15) is 0 Å². The van der Waals surface area contributed by atoms with E-state index in [1.165, 1.54) is 0 Å². The Labute approximate surface area is 176 Å². The van der Waals surface area contributed by atoms with Crippen molar-refractivity contribution in [2.75, 3.05) is 6.54 Å². The molecule has 1 amide bonds. The van der Waals surface area contributed by atoms with Crippen molar-refractivity contribution in [3.05, 3.63) is 71.1 Å². The Kier molecular flexibility index (Phi) is 7.04. The first kappa shape index (κ1) is 21.1. The smallest absolute Gasteiger partial charge is 0.228 e. The quantitative estimate of drug-likeness (QED) is 0.486. The highest BCUT2D eigenvalue weighted by molar-refractivity contribution is 6.30. The number of carbonyl (C=O) groups is 1. The second-order valence-corrected chi connectivity index (χ2v) is 7.98. The standard InChI is InChI=1S/C23H26ClN3O2/c1-16(2)14-22(28)27(17(3)18-8-5-4-6-9-18)13-12-21-25-23(26-29-21)19-10-7-11-20(24)15-19/h4-11,15-17H,12-14H2,1-3H3/t17-/m0/s1. The Bertz CT molecular complexity index is 940. The normalized spacial score (nSPS) is 12.2. The summed E-state index contributed by atoms with van der Waals surface area (Å²) in [7, 11) is 0. The Morgan fingerprint density at radius 1 is 1.10 bits per heavy atom. The molecule has 0 saturated heterocycles. The minimum Gasteiger partial charge on any atom is -0.339 e. The largest absolute Gasteiger partial charge is 0.339 e. The molecule has 0 saturated carbocycles. The molecule has 3 rings (SSSR count). The molecule has 0 aliphatic rings. The number of rotatable bonds is 8. The van der Waals surface area contributed by atoms with Crippen LogP contribution in [0.15, 0.2) is 59.1 Å². The second-order valence-electron chi connectivity index (χ2n) is 7.54. The van der Waals surface area contributed by atoms with Crippen LogP contribution in [0.4, 0.5) is 0 Å². The molecule has 0 bridgehead atoms. The van der Waals surface area contributed by atoms with E-state index in [-0.39, 0.29) is 11.9 Å². The number of aromatic nitrogens is 2. The summed E-state index contributed by atoms with van der Waals surface area (Å²) in [6.45, 7) is 6.68. The molecule has 0 aliphatic heterocycles. The maximum atomic E-state index is 12.9. The lowest BCUT2D eigenvalue weighted by molar-refractivity contribution is -0.134. The van der Waals surface area contributed by atoms with Crippen LogP contribution in [0.1, 0.15) is 44.7 Å². The first-order chi connectivity index (χ1) is 13.9. The lowest BCUT2D eigenvalue weighted by Gasteiger charge is -2.30. The van der Waals surface area contributed by atoms with Crippen LogP contribution in [0.3, 0.4) is 0 Å². The van der Waals surface area contributed by atoms with Gasteiger partial charge in [-0.1, -0.05) is 73.1 Å². The molecule has 0 unspecified atom stereocenters. The predicted octanol–water partition coefficient (Wildman–Crippen LogP) is 5.57. The van der Waals surface area contributed by atoms with Crippen molar-refractivity contribution in [1.82, 2.24) is 15.0 Å². The maximum Gasteiger partial charge on any atom is 0.228 e. The summed E-state index contributed by atoms with van der Waals surface area (Å²) in [6.07, 6.45) is 1.00. The van der Waals surface area contributed by atoms with E-state index in [0.717, 1.165) is 11.1 Å². The third-order valence-corrected chi connectivity index (χ3v) is 5.01. The van der Waals surface area contributed by atoms with Gasteiger partial charge in [-0.05, 0) is 30.5 Å². The number of carbonyl (C=O) groups excluding carboxylic acids is 1. The van der Waals surface area contributed by atoms with Gasteiger partial charge in [0, 0.05) is 30.0 Å². The molecule has 29 heavy (non-hydrogen) atoms. The third-order valence-electron chi connectivity index (χ3n) is 4.77. The lowest BCUT2D eigenvalue weighted by atomic mass is 10.0. The van der Waals surface area contributed by atoms with Crippen molar-refractivity contribution in [2.24, 2.45) is 5.92 Å². The highest BCUT2D eigenvalue weighted by atomic mass is 35.5. The van der Waals surface area contributed by atoms with Crippen LogP contribution >= 0.6 is 11.6 Å². The summed E-state index contributed by atoms with van der Waals surface area (Å²) < 4.78 is 5.41. The van der Waals surface area contributed by atoms with Crippen molar-refractivity contribution in [3.63, 3.8) is 0 Å². The van der Waals surface area contributed by atoms with Gasteiger partial charge >= 0.3 is 0 Å². The SMILES string of the molecule is CC(C)CC(=O)N(CCc1nc(-c2cccc(Cl)c2)no1)[C@@H](C)c1ccccc1. The molecular weight excluding hydrogens is 386 g/mol. The average molecular weight is 412 g/mol. The van der Waals surface area contributed by atoms with Crippen LogP contribution in [0.25, 0.3) is 11.4 Å². The van der Waals surface area contributed by atoms with E-state index >= 15 is 0 Å². The van der Waals surface area contributed by atoms with Gasteiger partial charge in [-0.2, -0.15) is 4.98 Å². The molecule has 6 heteroatoms. The van der Waals surface area contributed by atoms with Gasteiger partial charge in [-0.15, -0.1) is 0 Å². The van der Waals surface area contributed by atoms with Crippen LogP contribution in [0.2, 0.25) is 5.02 Å². The summed E-state index contributed by atoms with van der Waals surface area (Å²) in [6, 6.07) is 17.4. The Hall–Kier alpha value is -2.66. The first-order valence-corrected chi connectivity index (χ1v) is 10.2. The molecule has 0 aliphatic carbocycles. The van der Waals surface area contributed by atoms with Gasteiger partial charge < -0.3 is 9.42 Å². The molecule has 0 spiro atoms.